The third kappa shape index (κ3) is 3.74. The number of hydrogen-bond acceptors (Lipinski definition) is 1. The van der Waals surface area contributed by atoms with Crippen LogP contribution in [0.1, 0.15) is 21.5 Å². The predicted molar refractivity (Wildman–Crippen MR) is 83.4 cm³/mol. The molecule has 0 heterocycles. The number of halogens is 3. The van der Waals surface area contributed by atoms with E-state index in [-0.39, 0.29) is 11.5 Å². The van der Waals surface area contributed by atoms with E-state index in [9.17, 15) is 9.18 Å². The molecule has 0 aliphatic carbocycles. The van der Waals surface area contributed by atoms with Crippen LogP contribution < -0.4 is 0 Å². The fourth-order valence-corrected chi connectivity index (χ4v) is 2.30. The molecule has 2 aromatic rings. The normalized spacial score (nSPS) is 10.5. The third-order valence-corrected chi connectivity index (χ3v) is 3.84. The van der Waals surface area contributed by atoms with Crippen LogP contribution >= 0.6 is 23.2 Å². The summed E-state index contributed by atoms with van der Waals surface area (Å²) in [5.74, 6) is -0.889. The lowest BCUT2D eigenvalue weighted by Crippen LogP contribution is -2.27. The van der Waals surface area contributed by atoms with Gasteiger partial charge in [-0.3, -0.25) is 4.79 Å². The minimum atomic E-state index is -0.513. The minimum Gasteiger partial charge on any atom is -0.337 e. The van der Waals surface area contributed by atoms with Crippen LogP contribution in [0.5, 0.6) is 0 Å². The van der Waals surface area contributed by atoms with Crippen LogP contribution in [0.2, 0.25) is 10.0 Å². The Kier molecular flexibility index (Phi) is 4.86. The first kappa shape index (κ1) is 15.8. The van der Waals surface area contributed by atoms with E-state index < -0.39 is 5.82 Å². The van der Waals surface area contributed by atoms with Crippen molar-refractivity contribution < 1.29 is 9.18 Å². The highest BCUT2D eigenvalue weighted by Crippen LogP contribution is 2.23. The first-order valence-corrected chi connectivity index (χ1v) is 7.09. The van der Waals surface area contributed by atoms with Crippen molar-refractivity contribution in [3.8, 4) is 0 Å². The molecule has 1 amide bonds. The fourth-order valence-electron chi connectivity index (χ4n) is 1.98. The maximum Gasteiger partial charge on any atom is 0.256 e. The first-order chi connectivity index (χ1) is 9.88. The van der Waals surface area contributed by atoms with Crippen LogP contribution in [0.4, 0.5) is 4.39 Å². The summed E-state index contributed by atoms with van der Waals surface area (Å²) < 4.78 is 13.8. The lowest BCUT2D eigenvalue weighted by molar-refractivity contribution is 0.0780. The Balaban J connectivity index is 2.17. The van der Waals surface area contributed by atoms with E-state index in [1.165, 1.54) is 17.0 Å². The lowest BCUT2D eigenvalue weighted by atomic mass is 10.1. The van der Waals surface area contributed by atoms with Gasteiger partial charge in [0.2, 0.25) is 0 Å². The molecule has 0 fully saturated rings. The van der Waals surface area contributed by atoms with Gasteiger partial charge in [-0.05, 0) is 42.3 Å². The molecule has 0 saturated heterocycles. The highest BCUT2D eigenvalue weighted by atomic mass is 35.5. The molecule has 110 valence electrons. The molecule has 0 aromatic heterocycles. The maximum atomic E-state index is 13.8. The van der Waals surface area contributed by atoms with E-state index in [0.717, 1.165) is 11.1 Å². The average molecular weight is 326 g/mol. The van der Waals surface area contributed by atoms with Gasteiger partial charge in [0.25, 0.3) is 5.91 Å². The third-order valence-electron chi connectivity index (χ3n) is 3.11. The molecule has 2 nitrogen and oxygen atoms in total. The van der Waals surface area contributed by atoms with Gasteiger partial charge in [-0.1, -0.05) is 35.3 Å². The molecule has 0 aliphatic rings. The van der Waals surface area contributed by atoms with Crippen molar-refractivity contribution >= 4 is 29.1 Å². The summed E-state index contributed by atoms with van der Waals surface area (Å²) in [6.45, 7) is 2.10. The Labute approximate surface area is 133 Å². The van der Waals surface area contributed by atoms with Crippen molar-refractivity contribution in [3.05, 3.63) is 69.0 Å². The topological polar surface area (TPSA) is 20.3 Å². The number of carbonyl (C=O) groups is 1. The van der Waals surface area contributed by atoms with Crippen molar-refractivity contribution in [1.29, 1.82) is 0 Å². The van der Waals surface area contributed by atoms with Gasteiger partial charge in [0, 0.05) is 13.6 Å². The van der Waals surface area contributed by atoms with Crippen LogP contribution in [-0.4, -0.2) is 17.9 Å². The molecule has 0 unspecified atom stereocenters. The van der Waals surface area contributed by atoms with E-state index >= 15 is 0 Å². The molecule has 2 aromatic carbocycles. The first-order valence-electron chi connectivity index (χ1n) is 6.34. The molecule has 0 atom stereocenters. The number of hydrogen-bond donors (Lipinski definition) is 0. The molecule has 0 aliphatic heterocycles. The quantitative estimate of drug-likeness (QED) is 0.800. The summed E-state index contributed by atoms with van der Waals surface area (Å²) in [7, 11) is 1.62. The standard InChI is InChI=1S/C16H14Cl2FNO/c1-10-3-5-12(15(19)7-10)16(21)20(2)9-11-4-6-13(17)14(18)8-11/h3-8H,9H2,1-2H3. The smallest absolute Gasteiger partial charge is 0.256 e. The summed E-state index contributed by atoms with van der Waals surface area (Å²) in [6.07, 6.45) is 0. The zero-order chi connectivity index (χ0) is 15.6. The lowest BCUT2D eigenvalue weighted by Gasteiger charge is -2.18. The average Bonchev–Trinajstić information content (AvgIpc) is 2.42. The van der Waals surface area contributed by atoms with Gasteiger partial charge >= 0.3 is 0 Å². The monoisotopic (exact) mass is 325 g/mol. The predicted octanol–water partition coefficient (Wildman–Crippen LogP) is 4.71. The summed E-state index contributed by atoms with van der Waals surface area (Å²) in [6, 6.07) is 9.70. The van der Waals surface area contributed by atoms with E-state index in [1.807, 2.05) is 0 Å². The largest absolute Gasteiger partial charge is 0.337 e. The second-order valence-corrected chi connectivity index (χ2v) is 5.71. The summed E-state index contributed by atoms with van der Waals surface area (Å²) in [5, 5.41) is 0.885. The molecule has 2 rings (SSSR count). The number of aryl methyl sites for hydroxylation is 1. The van der Waals surface area contributed by atoms with Gasteiger partial charge in [0.1, 0.15) is 5.82 Å². The zero-order valence-electron chi connectivity index (χ0n) is 11.7. The molecule has 0 saturated carbocycles. The summed E-state index contributed by atoms with van der Waals surface area (Å²) >= 11 is 11.8. The Hall–Kier alpha value is -1.58. The Morgan fingerprint density at radius 2 is 1.86 bits per heavy atom. The van der Waals surface area contributed by atoms with Gasteiger partial charge < -0.3 is 4.90 Å². The molecule has 0 radical (unpaired) electrons. The minimum absolute atomic E-state index is 0.0585. The number of rotatable bonds is 3. The fraction of sp³-hybridized carbons (Fsp3) is 0.188. The van der Waals surface area contributed by atoms with E-state index in [4.69, 9.17) is 23.2 Å². The molecule has 0 bridgehead atoms. The molecular weight excluding hydrogens is 312 g/mol. The van der Waals surface area contributed by atoms with Crippen molar-refractivity contribution in [1.82, 2.24) is 4.90 Å². The molecule has 0 spiro atoms. The van der Waals surface area contributed by atoms with Gasteiger partial charge in [0.15, 0.2) is 0 Å². The Bertz CT molecular complexity index is 688. The van der Waals surface area contributed by atoms with Crippen LogP contribution in [0.3, 0.4) is 0 Å². The van der Waals surface area contributed by atoms with Crippen molar-refractivity contribution in [2.24, 2.45) is 0 Å². The van der Waals surface area contributed by atoms with Gasteiger partial charge in [-0.25, -0.2) is 4.39 Å². The number of carbonyl (C=O) groups excluding carboxylic acids is 1. The highest BCUT2D eigenvalue weighted by Gasteiger charge is 2.16. The molecule has 5 heteroatoms. The molecule has 21 heavy (non-hydrogen) atoms. The van der Waals surface area contributed by atoms with Gasteiger partial charge in [0.05, 0.1) is 15.6 Å². The highest BCUT2D eigenvalue weighted by molar-refractivity contribution is 6.42. The van der Waals surface area contributed by atoms with Crippen LogP contribution in [-0.2, 0) is 6.54 Å². The number of benzene rings is 2. The van der Waals surface area contributed by atoms with Crippen molar-refractivity contribution in [2.75, 3.05) is 7.05 Å². The van der Waals surface area contributed by atoms with Crippen LogP contribution in [0.15, 0.2) is 36.4 Å². The van der Waals surface area contributed by atoms with Gasteiger partial charge in [-0.2, -0.15) is 0 Å². The number of nitrogens with zero attached hydrogens (tertiary/aromatic N) is 1. The van der Waals surface area contributed by atoms with Crippen molar-refractivity contribution in [2.45, 2.75) is 13.5 Å². The maximum absolute atomic E-state index is 13.8. The Morgan fingerprint density at radius 3 is 2.48 bits per heavy atom. The van der Waals surface area contributed by atoms with E-state index in [1.54, 1.807) is 38.2 Å². The SMILES string of the molecule is Cc1ccc(C(=O)N(C)Cc2ccc(Cl)c(Cl)c2)c(F)c1. The van der Waals surface area contributed by atoms with Crippen LogP contribution in [0, 0.1) is 12.7 Å². The van der Waals surface area contributed by atoms with Crippen molar-refractivity contribution in [3.63, 3.8) is 0 Å². The molecule has 0 N–H and O–H groups in total. The Morgan fingerprint density at radius 1 is 1.14 bits per heavy atom. The zero-order valence-corrected chi connectivity index (χ0v) is 13.2. The number of amides is 1. The van der Waals surface area contributed by atoms with E-state index in [0.29, 0.717) is 16.6 Å². The second kappa shape index (κ2) is 6.46. The van der Waals surface area contributed by atoms with E-state index in [2.05, 4.69) is 0 Å². The van der Waals surface area contributed by atoms with Crippen LogP contribution in [0.25, 0.3) is 0 Å². The summed E-state index contributed by atoms with van der Waals surface area (Å²) in [4.78, 5) is 13.7. The molecular formula is C16H14Cl2FNO. The second-order valence-electron chi connectivity index (χ2n) is 4.89. The van der Waals surface area contributed by atoms with Gasteiger partial charge in [-0.15, -0.1) is 0 Å². The summed E-state index contributed by atoms with van der Waals surface area (Å²) in [5.41, 5.74) is 1.66.